The molecule has 7 heteroatoms. The van der Waals surface area contributed by atoms with Gasteiger partial charge in [-0.25, -0.2) is 9.78 Å². The van der Waals surface area contributed by atoms with Gasteiger partial charge in [0, 0.05) is 12.4 Å². The van der Waals surface area contributed by atoms with Crippen LogP contribution in [0.1, 0.15) is 42.1 Å². The Labute approximate surface area is 133 Å². The summed E-state index contributed by atoms with van der Waals surface area (Å²) in [5, 5.41) is 11.5. The monoisotopic (exact) mass is 317 g/mol. The van der Waals surface area contributed by atoms with Crippen LogP contribution < -0.4 is 10.9 Å². The highest BCUT2D eigenvalue weighted by Gasteiger charge is 2.22. The van der Waals surface area contributed by atoms with Crippen LogP contribution in [0.3, 0.4) is 0 Å². The Morgan fingerprint density at radius 2 is 2.17 bits per heavy atom. The summed E-state index contributed by atoms with van der Waals surface area (Å²) in [6, 6.07) is 2.45. The summed E-state index contributed by atoms with van der Waals surface area (Å²) in [6.45, 7) is 3.81. The average Bonchev–Trinajstić information content (AvgIpc) is 2.51. The highest BCUT2D eigenvalue weighted by Crippen LogP contribution is 2.04. The van der Waals surface area contributed by atoms with E-state index in [0.717, 1.165) is 12.0 Å². The quantitative estimate of drug-likeness (QED) is 0.838. The number of rotatable bonds is 6. The van der Waals surface area contributed by atoms with E-state index in [2.05, 4.69) is 10.3 Å². The molecule has 0 aromatic carbocycles. The average molecular weight is 317 g/mol. The summed E-state index contributed by atoms with van der Waals surface area (Å²) in [7, 11) is 0. The summed E-state index contributed by atoms with van der Waals surface area (Å²) in [5.41, 5.74) is 0.688. The van der Waals surface area contributed by atoms with Gasteiger partial charge in [0.05, 0.1) is 0 Å². The number of hydrogen-bond donors (Lipinski definition) is 2. The van der Waals surface area contributed by atoms with Crippen molar-refractivity contribution >= 4 is 17.5 Å². The van der Waals surface area contributed by atoms with Crippen LogP contribution in [0.2, 0.25) is 0 Å². The normalized spacial score (nSPS) is 12.1. The minimum absolute atomic E-state index is 0.172. The molecule has 0 fully saturated rings. The molecule has 0 spiro atoms. The number of unbranched alkanes of at least 4 members (excludes halogenated alkanes) is 1. The van der Waals surface area contributed by atoms with Gasteiger partial charge in [-0.15, -0.1) is 0 Å². The van der Waals surface area contributed by atoms with E-state index in [9.17, 15) is 14.4 Å². The fraction of sp³-hybridized carbons (Fsp3) is 0.375. The van der Waals surface area contributed by atoms with E-state index >= 15 is 0 Å². The molecule has 0 bridgehead atoms. The maximum Gasteiger partial charge on any atom is 0.326 e. The number of carbonyl (C=O) groups is 2. The molecule has 1 amide bonds. The van der Waals surface area contributed by atoms with Gasteiger partial charge in [0.25, 0.3) is 11.5 Å². The van der Waals surface area contributed by atoms with Crippen LogP contribution in [-0.2, 0) is 4.79 Å². The van der Waals surface area contributed by atoms with Crippen molar-refractivity contribution in [1.82, 2.24) is 14.7 Å². The van der Waals surface area contributed by atoms with Crippen molar-refractivity contribution in [2.75, 3.05) is 0 Å². The minimum Gasteiger partial charge on any atom is -0.480 e. The summed E-state index contributed by atoms with van der Waals surface area (Å²) in [4.78, 5) is 39.9. The van der Waals surface area contributed by atoms with Gasteiger partial charge >= 0.3 is 5.97 Å². The lowest BCUT2D eigenvalue weighted by Gasteiger charge is -2.14. The van der Waals surface area contributed by atoms with Crippen molar-refractivity contribution in [3.8, 4) is 0 Å². The Balaban J connectivity index is 2.30. The van der Waals surface area contributed by atoms with Gasteiger partial charge in [-0.1, -0.05) is 19.8 Å². The third-order valence-corrected chi connectivity index (χ3v) is 3.56. The van der Waals surface area contributed by atoms with Crippen LogP contribution >= 0.6 is 0 Å². The van der Waals surface area contributed by atoms with Crippen molar-refractivity contribution in [3.05, 3.63) is 46.0 Å². The number of aliphatic carboxylic acids is 1. The van der Waals surface area contributed by atoms with Gasteiger partial charge in [-0.3, -0.25) is 14.0 Å². The Morgan fingerprint density at radius 1 is 1.43 bits per heavy atom. The molecule has 0 radical (unpaired) electrons. The van der Waals surface area contributed by atoms with Gasteiger partial charge in [-0.05, 0) is 31.0 Å². The van der Waals surface area contributed by atoms with E-state index in [-0.39, 0.29) is 5.56 Å². The van der Waals surface area contributed by atoms with E-state index in [1.165, 1.54) is 10.6 Å². The number of carboxylic acids is 1. The maximum absolute atomic E-state index is 12.4. The molecule has 2 heterocycles. The zero-order chi connectivity index (χ0) is 17.0. The van der Waals surface area contributed by atoms with Crippen molar-refractivity contribution in [3.63, 3.8) is 0 Å². The number of pyridine rings is 1. The lowest BCUT2D eigenvalue weighted by molar-refractivity contribution is -0.139. The molecule has 122 valence electrons. The van der Waals surface area contributed by atoms with Crippen LogP contribution in [0.5, 0.6) is 0 Å². The molecule has 2 N–H and O–H groups in total. The standard InChI is InChI=1S/C16H19N3O4/c1-3-4-5-12(16(22)23)18-14(20)11-9-17-13-8-10(2)6-7-19(13)15(11)21/h6-9,12H,3-5H2,1-2H3,(H,18,20)(H,22,23)/t12-/m0/s1. The molecule has 0 saturated heterocycles. The Bertz CT molecular complexity index is 798. The summed E-state index contributed by atoms with van der Waals surface area (Å²) in [6.07, 6.45) is 4.54. The molecule has 23 heavy (non-hydrogen) atoms. The van der Waals surface area contributed by atoms with E-state index in [4.69, 9.17) is 5.11 Å². The van der Waals surface area contributed by atoms with Crippen molar-refractivity contribution in [1.29, 1.82) is 0 Å². The number of carbonyl (C=O) groups excluding carboxylic acids is 1. The SMILES string of the molecule is CCCC[C@H](NC(=O)c1cnc2cc(C)ccn2c1=O)C(=O)O. The molecule has 0 unspecified atom stereocenters. The second-order valence-electron chi connectivity index (χ2n) is 5.42. The highest BCUT2D eigenvalue weighted by atomic mass is 16.4. The number of fused-ring (bicyclic) bond motifs is 1. The minimum atomic E-state index is -1.11. The topological polar surface area (TPSA) is 101 Å². The van der Waals surface area contributed by atoms with E-state index in [0.29, 0.717) is 18.5 Å². The summed E-state index contributed by atoms with van der Waals surface area (Å²) < 4.78 is 1.27. The molecule has 2 rings (SSSR count). The molecule has 7 nitrogen and oxygen atoms in total. The van der Waals surface area contributed by atoms with Gasteiger partial charge in [0.2, 0.25) is 0 Å². The summed E-state index contributed by atoms with van der Waals surface area (Å²) >= 11 is 0. The molecular weight excluding hydrogens is 298 g/mol. The van der Waals surface area contributed by atoms with Crippen LogP contribution in [0.4, 0.5) is 0 Å². The van der Waals surface area contributed by atoms with Crippen molar-refractivity contribution < 1.29 is 14.7 Å². The Hall–Kier alpha value is -2.70. The van der Waals surface area contributed by atoms with Crippen molar-refractivity contribution in [2.45, 2.75) is 39.2 Å². The number of amides is 1. The molecule has 0 aliphatic heterocycles. The number of hydrogen-bond acceptors (Lipinski definition) is 4. The zero-order valence-corrected chi connectivity index (χ0v) is 13.1. The Kier molecular flexibility index (Phi) is 5.10. The lowest BCUT2D eigenvalue weighted by Crippen LogP contribution is -2.42. The maximum atomic E-state index is 12.4. The number of nitrogens with zero attached hydrogens (tertiary/aromatic N) is 2. The zero-order valence-electron chi connectivity index (χ0n) is 13.1. The van der Waals surface area contributed by atoms with E-state index in [1.54, 1.807) is 18.3 Å². The highest BCUT2D eigenvalue weighted by molar-refractivity contribution is 5.96. The van der Waals surface area contributed by atoms with Gasteiger partial charge in [0.15, 0.2) is 0 Å². The number of carboxylic acid groups (broad SMARTS) is 1. The predicted octanol–water partition coefficient (Wildman–Crippen LogP) is 1.38. The van der Waals surface area contributed by atoms with E-state index < -0.39 is 23.5 Å². The Morgan fingerprint density at radius 3 is 2.83 bits per heavy atom. The second kappa shape index (κ2) is 7.04. The molecule has 1 atom stereocenters. The van der Waals surface area contributed by atoms with Gasteiger partial charge in [-0.2, -0.15) is 0 Å². The van der Waals surface area contributed by atoms with Crippen LogP contribution in [0.15, 0.2) is 29.3 Å². The predicted molar refractivity (Wildman–Crippen MR) is 84.6 cm³/mol. The summed E-state index contributed by atoms with van der Waals surface area (Å²) in [5.74, 6) is -1.84. The molecular formula is C16H19N3O4. The fourth-order valence-electron chi connectivity index (χ4n) is 2.23. The first-order chi connectivity index (χ1) is 10.9. The first-order valence-corrected chi connectivity index (χ1v) is 7.45. The number of aromatic nitrogens is 2. The molecule has 2 aromatic rings. The lowest BCUT2D eigenvalue weighted by atomic mass is 10.1. The molecule has 0 aliphatic carbocycles. The first kappa shape index (κ1) is 16.7. The van der Waals surface area contributed by atoms with Gasteiger partial charge in [0.1, 0.15) is 17.3 Å². The smallest absolute Gasteiger partial charge is 0.326 e. The van der Waals surface area contributed by atoms with Crippen LogP contribution in [0.25, 0.3) is 5.65 Å². The first-order valence-electron chi connectivity index (χ1n) is 7.45. The third kappa shape index (κ3) is 3.74. The number of aryl methyl sites for hydroxylation is 1. The molecule has 2 aromatic heterocycles. The third-order valence-electron chi connectivity index (χ3n) is 3.56. The van der Waals surface area contributed by atoms with E-state index in [1.807, 2.05) is 13.8 Å². The largest absolute Gasteiger partial charge is 0.480 e. The van der Waals surface area contributed by atoms with Crippen molar-refractivity contribution in [2.24, 2.45) is 0 Å². The van der Waals surface area contributed by atoms with Gasteiger partial charge < -0.3 is 10.4 Å². The van der Waals surface area contributed by atoms with Crippen LogP contribution in [-0.4, -0.2) is 32.4 Å². The molecule has 0 aliphatic rings. The number of nitrogens with one attached hydrogen (secondary N) is 1. The van der Waals surface area contributed by atoms with Crippen LogP contribution in [0, 0.1) is 6.92 Å². The fourth-order valence-corrected chi connectivity index (χ4v) is 2.23. The second-order valence-corrected chi connectivity index (χ2v) is 5.42. The molecule has 0 saturated carbocycles.